The average molecular weight is 484 g/mol. The average Bonchev–Trinajstić information content (AvgIpc) is 3.19. The third-order valence-electron chi connectivity index (χ3n) is 5.17. The van der Waals surface area contributed by atoms with Crippen LogP contribution in [0.5, 0.6) is 0 Å². The van der Waals surface area contributed by atoms with E-state index in [1.54, 1.807) is 11.9 Å². The molecule has 0 saturated carbocycles. The van der Waals surface area contributed by atoms with Gasteiger partial charge in [0.2, 0.25) is 5.95 Å². The molecule has 0 bridgehead atoms. The quantitative estimate of drug-likeness (QED) is 0.463. The second kappa shape index (κ2) is 9.12. The summed E-state index contributed by atoms with van der Waals surface area (Å²) in [7, 11) is 0. The van der Waals surface area contributed by atoms with Crippen LogP contribution >= 0.6 is 23.3 Å². The van der Waals surface area contributed by atoms with Crippen molar-refractivity contribution in [2.75, 3.05) is 24.7 Å². The van der Waals surface area contributed by atoms with Gasteiger partial charge in [0, 0.05) is 31.5 Å². The van der Waals surface area contributed by atoms with Gasteiger partial charge >= 0.3 is 6.18 Å². The number of nitrogens with zero attached hydrogens (tertiary/aromatic N) is 4. The van der Waals surface area contributed by atoms with Gasteiger partial charge in [0.05, 0.1) is 4.88 Å². The molecule has 0 radical (unpaired) electrons. The van der Waals surface area contributed by atoms with Gasteiger partial charge in [-0.3, -0.25) is 4.31 Å². The van der Waals surface area contributed by atoms with E-state index in [9.17, 15) is 27.1 Å². The summed E-state index contributed by atoms with van der Waals surface area (Å²) < 4.78 is 69.0. The first-order valence-electron chi connectivity index (χ1n) is 9.40. The van der Waals surface area contributed by atoms with Crippen LogP contribution in [0.1, 0.15) is 30.7 Å². The standard InChI is InChI=1S/C18H22F5N5OS2/c1-9-8-28(30-3)5-4-11(9)26-16-25-6-10(18(21,22)23)13(27-16)14-24-7-12(31-14)17(2,29)15(19)20/h6-7,9,11,15,29H,4-5,8H2,1-3H3,(H,25,26,27). The molecule has 6 nitrogen and oxygen atoms in total. The van der Waals surface area contributed by atoms with Gasteiger partial charge in [-0.25, -0.2) is 23.7 Å². The minimum absolute atomic E-state index is 0.00909. The van der Waals surface area contributed by atoms with Crippen molar-refractivity contribution in [3.05, 3.63) is 22.8 Å². The van der Waals surface area contributed by atoms with Gasteiger partial charge < -0.3 is 10.4 Å². The molecule has 2 aromatic rings. The number of hydrogen-bond acceptors (Lipinski definition) is 8. The summed E-state index contributed by atoms with van der Waals surface area (Å²) in [5.74, 6) is 0.220. The van der Waals surface area contributed by atoms with Crippen molar-refractivity contribution in [1.29, 1.82) is 0 Å². The largest absolute Gasteiger partial charge is 0.420 e. The van der Waals surface area contributed by atoms with Crippen LogP contribution in [0.4, 0.5) is 27.9 Å². The van der Waals surface area contributed by atoms with E-state index in [0.29, 0.717) is 17.5 Å². The Morgan fingerprint density at radius 3 is 2.58 bits per heavy atom. The molecule has 3 rings (SSSR count). The Morgan fingerprint density at radius 1 is 1.29 bits per heavy atom. The third-order valence-corrected chi connectivity index (χ3v) is 7.25. The van der Waals surface area contributed by atoms with Crippen molar-refractivity contribution in [3.8, 4) is 10.7 Å². The van der Waals surface area contributed by atoms with Crippen LogP contribution in [-0.2, 0) is 11.8 Å². The van der Waals surface area contributed by atoms with Gasteiger partial charge in [-0.05, 0) is 25.5 Å². The summed E-state index contributed by atoms with van der Waals surface area (Å²) >= 11 is 2.18. The molecule has 172 valence electrons. The van der Waals surface area contributed by atoms with E-state index in [-0.39, 0.29) is 27.8 Å². The summed E-state index contributed by atoms with van der Waals surface area (Å²) in [6.07, 6.45) is -3.53. The zero-order chi connectivity index (χ0) is 23.0. The summed E-state index contributed by atoms with van der Waals surface area (Å²) in [4.78, 5) is 11.4. The molecule has 1 saturated heterocycles. The SMILES string of the molecule is CSN1CCC(Nc2ncc(C(F)(F)F)c(-c3ncc(C(C)(O)C(F)F)s3)n2)C(C)C1. The molecule has 2 aromatic heterocycles. The number of anilines is 1. The van der Waals surface area contributed by atoms with Gasteiger partial charge in [-0.1, -0.05) is 18.9 Å². The van der Waals surface area contributed by atoms with E-state index in [1.165, 1.54) is 0 Å². The minimum atomic E-state index is -4.76. The van der Waals surface area contributed by atoms with Gasteiger partial charge in [-0.2, -0.15) is 13.2 Å². The number of nitrogens with one attached hydrogen (secondary N) is 1. The molecular weight excluding hydrogens is 461 g/mol. The summed E-state index contributed by atoms with van der Waals surface area (Å²) in [5.41, 5.74) is -4.16. The Labute approximate surface area is 184 Å². The van der Waals surface area contributed by atoms with E-state index in [1.807, 2.05) is 13.2 Å². The third kappa shape index (κ3) is 5.26. The summed E-state index contributed by atoms with van der Waals surface area (Å²) in [6.45, 7) is 4.54. The number of alkyl halides is 5. The molecule has 0 spiro atoms. The van der Waals surface area contributed by atoms with Crippen molar-refractivity contribution in [2.24, 2.45) is 5.92 Å². The molecule has 3 heterocycles. The van der Waals surface area contributed by atoms with Crippen molar-refractivity contribution in [1.82, 2.24) is 19.3 Å². The maximum atomic E-state index is 13.5. The lowest BCUT2D eigenvalue weighted by Crippen LogP contribution is -2.42. The first-order chi connectivity index (χ1) is 14.4. The number of aromatic nitrogens is 3. The predicted molar refractivity (Wildman–Crippen MR) is 110 cm³/mol. The smallest absolute Gasteiger partial charge is 0.379 e. The lowest BCUT2D eigenvalue weighted by molar-refractivity contribution is -0.137. The molecule has 0 aromatic carbocycles. The highest BCUT2D eigenvalue weighted by molar-refractivity contribution is 7.96. The van der Waals surface area contributed by atoms with Crippen LogP contribution in [0.15, 0.2) is 12.4 Å². The van der Waals surface area contributed by atoms with Crippen molar-refractivity contribution < 1.29 is 27.1 Å². The molecule has 1 fully saturated rings. The fourth-order valence-corrected chi connectivity index (χ4v) is 4.84. The molecule has 2 N–H and O–H groups in total. The van der Waals surface area contributed by atoms with E-state index >= 15 is 0 Å². The highest BCUT2D eigenvalue weighted by Gasteiger charge is 2.39. The Hall–Kier alpha value is -1.57. The number of halogens is 5. The first kappa shape index (κ1) is 24.1. The van der Waals surface area contributed by atoms with Crippen molar-refractivity contribution in [3.63, 3.8) is 0 Å². The van der Waals surface area contributed by atoms with Gasteiger partial charge in [0.25, 0.3) is 6.43 Å². The lowest BCUT2D eigenvalue weighted by atomic mass is 9.95. The lowest BCUT2D eigenvalue weighted by Gasteiger charge is -2.35. The monoisotopic (exact) mass is 483 g/mol. The topological polar surface area (TPSA) is 74.2 Å². The van der Waals surface area contributed by atoms with Crippen molar-refractivity contribution >= 4 is 29.2 Å². The number of rotatable bonds is 6. The van der Waals surface area contributed by atoms with Gasteiger partial charge in [0.1, 0.15) is 16.3 Å². The molecule has 0 aliphatic carbocycles. The Balaban J connectivity index is 1.93. The predicted octanol–water partition coefficient (Wildman–Crippen LogP) is 4.49. The normalized spacial score (nSPS) is 22.5. The molecular formula is C18H22F5N5OS2. The molecule has 13 heteroatoms. The summed E-state index contributed by atoms with van der Waals surface area (Å²) in [6, 6.07) is -0.0283. The minimum Gasteiger partial charge on any atom is -0.379 e. The Bertz CT molecular complexity index is 908. The zero-order valence-corrected chi connectivity index (χ0v) is 18.6. The van der Waals surface area contributed by atoms with Crippen LogP contribution in [0.25, 0.3) is 10.7 Å². The maximum Gasteiger partial charge on any atom is 0.420 e. The fraction of sp³-hybridized carbons (Fsp3) is 0.611. The molecule has 3 atom stereocenters. The second-order valence-corrected chi connectivity index (χ2v) is 9.43. The van der Waals surface area contributed by atoms with E-state index in [4.69, 9.17) is 0 Å². The van der Waals surface area contributed by atoms with Crippen LogP contribution in [0.3, 0.4) is 0 Å². The van der Waals surface area contributed by atoms with Crippen LogP contribution in [-0.4, -0.2) is 56.2 Å². The Morgan fingerprint density at radius 2 is 2.00 bits per heavy atom. The van der Waals surface area contributed by atoms with Gasteiger partial charge in [-0.15, -0.1) is 11.3 Å². The highest BCUT2D eigenvalue weighted by atomic mass is 32.2. The van der Waals surface area contributed by atoms with Crippen molar-refractivity contribution in [2.45, 2.75) is 44.5 Å². The second-order valence-electron chi connectivity index (χ2n) is 7.52. The molecule has 1 aliphatic heterocycles. The van der Waals surface area contributed by atoms with Crippen LogP contribution < -0.4 is 5.32 Å². The van der Waals surface area contributed by atoms with Gasteiger partial charge in [0.15, 0.2) is 5.60 Å². The number of hydrogen-bond donors (Lipinski definition) is 2. The zero-order valence-electron chi connectivity index (χ0n) is 17.0. The molecule has 3 unspecified atom stereocenters. The molecule has 1 aliphatic rings. The number of thiazole rings is 1. The first-order valence-corrected chi connectivity index (χ1v) is 11.4. The van der Waals surface area contributed by atoms with Crippen LogP contribution in [0.2, 0.25) is 0 Å². The van der Waals surface area contributed by atoms with E-state index in [2.05, 4.69) is 24.6 Å². The van der Waals surface area contributed by atoms with E-state index < -0.39 is 29.5 Å². The molecule has 0 amide bonds. The Kier molecular flexibility index (Phi) is 7.08. The maximum absolute atomic E-state index is 13.5. The van der Waals surface area contributed by atoms with E-state index in [0.717, 1.165) is 32.6 Å². The fourth-order valence-electron chi connectivity index (χ4n) is 3.20. The van der Waals surface area contributed by atoms with Crippen LogP contribution in [0, 0.1) is 5.92 Å². The number of piperidine rings is 1. The summed E-state index contributed by atoms with van der Waals surface area (Å²) in [5, 5.41) is 12.8. The molecule has 31 heavy (non-hydrogen) atoms. The number of aliphatic hydroxyl groups is 1. The highest BCUT2D eigenvalue weighted by Crippen LogP contribution is 2.40.